The van der Waals surface area contributed by atoms with Crippen molar-refractivity contribution in [3.63, 3.8) is 0 Å². The predicted molar refractivity (Wildman–Crippen MR) is 125 cm³/mol. The smallest absolute Gasteiger partial charge is 0.261 e. The molecule has 4 heterocycles. The van der Waals surface area contributed by atoms with E-state index >= 15 is 0 Å². The van der Waals surface area contributed by atoms with Gasteiger partial charge in [0.25, 0.3) is 5.56 Å². The van der Waals surface area contributed by atoms with Crippen LogP contribution in [0.3, 0.4) is 0 Å². The van der Waals surface area contributed by atoms with Crippen LogP contribution in [-0.2, 0) is 28.4 Å². The van der Waals surface area contributed by atoms with Crippen LogP contribution in [0.1, 0.15) is 19.6 Å². The third-order valence-electron chi connectivity index (χ3n) is 5.83. The summed E-state index contributed by atoms with van der Waals surface area (Å²) in [5, 5.41) is 3.13. The highest BCUT2D eigenvalue weighted by molar-refractivity contribution is 7.88. The molecule has 3 aromatic rings. The Morgan fingerprint density at radius 2 is 2.06 bits per heavy atom. The summed E-state index contributed by atoms with van der Waals surface area (Å²) in [4.78, 5) is 30.5. The third kappa shape index (κ3) is 4.85. The first-order chi connectivity index (χ1) is 15.5. The maximum absolute atomic E-state index is 12.8. The van der Waals surface area contributed by atoms with Gasteiger partial charge >= 0.3 is 0 Å². The minimum Gasteiger partial charge on any atom is -0.459 e. The second kappa shape index (κ2) is 8.73. The molecule has 0 aliphatic carbocycles. The lowest BCUT2D eigenvalue weighted by Gasteiger charge is -2.38. The number of piperazine rings is 1. The van der Waals surface area contributed by atoms with Crippen LogP contribution in [-0.4, -0.2) is 65.0 Å². The molecule has 1 saturated heterocycles. The van der Waals surface area contributed by atoms with E-state index in [1.54, 1.807) is 37.6 Å². The van der Waals surface area contributed by atoms with Crippen LogP contribution in [0.25, 0.3) is 22.1 Å². The first-order valence-corrected chi connectivity index (χ1v) is 12.4. The number of fused-ring (bicyclic) bond motifs is 1. The van der Waals surface area contributed by atoms with Gasteiger partial charge in [0.2, 0.25) is 15.9 Å². The molecule has 176 valence electrons. The van der Waals surface area contributed by atoms with E-state index in [4.69, 9.17) is 4.42 Å². The number of pyridine rings is 2. The van der Waals surface area contributed by atoms with Crippen molar-refractivity contribution < 1.29 is 17.6 Å². The molecule has 3 aromatic heterocycles. The van der Waals surface area contributed by atoms with Crippen molar-refractivity contribution in [1.82, 2.24) is 18.8 Å². The zero-order valence-electron chi connectivity index (χ0n) is 19.0. The molecule has 1 atom stereocenters. The van der Waals surface area contributed by atoms with E-state index in [1.807, 2.05) is 6.92 Å². The zero-order chi connectivity index (χ0) is 23.9. The van der Waals surface area contributed by atoms with Crippen molar-refractivity contribution in [2.75, 3.05) is 31.2 Å². The Labute approximate surface area is 191 Å². The molecule has 4 rings (SSSR count). The predicted octanol–water partition coefficient (Wildman–Crippen LogP) is 1.62. The number of sulfonamides is 1. The summed E-state index contributed by atoms with van der Waals surface area (Å²) in [6.07, 6.45) is 4.52. The number of aromatic nitrogens is 2. The molecule has 0 radical (unpaired) electrons. The zero-order valence-corrected chi connectivity index (χ0v) is 19.8. The highest BCUT2D eigenvalue weighted by Gasteiger charge is 2.29. The molecule has 1 aliphatic rings. The molecule has 10 nitrogen and oxygen atoms in total. The van der Waals surface area contributed by atoms with E-state index in [0.29, 0.717) is 54.3 Å². The molecule has 33 heavy (non-hydrogen) atoms. The topological polar surface area (TPSA) is 118 Å². The van der Waals surface area contributed by atoms with Crippen LogP contribution in [0.5, 0.6) is 0 Å². The molecule has 0 saturated carbocycles. The Balaban J connectivity index is 1.68. The molecule has 0 spiro atoms. The summed E-state index contributed by atoms with van der Waals surface area (Å²) in [6, 6.07) is 5.28. The first kappa shape index (κ1) is 23.1. The molecule has 1 amide bonds. The minimum atomic E-state index is -3.23. The lowest BCUT2D eigenvalue weighted by atomic mass is 10.1. The lowest BCUT2D eigenvalue weighted by molar-refractivity contribution is -0.114. The number of nitrogens with one attached hydrogen (secondary N) is 1. The summed E-state index contributed by atoms with van der Waals surface area (Å²) in [6.45, 7) is 5.25. The molecule has 0 bridgehead atoms. The van der Waals surface area contributed by atoms with Gasteiger partial charge in [0.05, 0.1) is 18.2 Å². The fourth-order valence-corrected chi connectivity index (χ4v) is 5.03. The number of carbonyl (C=O) groups excluding carboxylic acids is 1. The van der Waals surface area contributed by atoms with E-state index in [1.165, 1.54) is 22.1 Å². The number of hydrogen-bond donors (Lipinski definition) is 1. The van der Waals surface area contributed by atoms with Gasteiger partial charge in [0, 0.05) is 57.6 Å². The number of amides is 1. The van der Waals surface area contributed by atoms with Crippen LogP contribution >= 0.6 is 0 Å². The molecule has 11 heteroatoms. The number of carbonyl (C=O) groups is 1. The fourth-order valence-electron chi connectivity index (χ4n) is 4.13. The number of hydrogen-bond acceptors (Lipinski definition) is 7. The van der Waals surface area contributed by atoms with Gasteiger partial charge in [0.15, 0.2) is 0 Å². The fraction of sp³-hybridized carbons (Fsp3) is 0.409. The maximum atomic E-state index is 12.8. The van der Waals surface area contributed by atoms with Crippen molar-refractivity contribution >= 4 is 32.7 Å². The standard InChI is InChI=1S/C22H27N5O5S/c1-14-11-27(33(4,30)31)8-7-26(14)12-17-10-18-21(32-17)19(13-25(3)22(18)29)16-5-6-23-20(9-16)24-15(2)28/h5-6,9-10,13-14H,7-8,11-12H2,1-4H3,(H,23,24,28). The Morgan fingerprint density at radius 3 is 2.73 bits per heavy atom. The number of rotatable bonds is 5. The Morgan fingerprint density at radius 1 is 1.30 bits per heavy atom. The maximum Gasteiger partial charge on any atom is 0.261 e. The number of aryl methyl sites for hydroxylation is 1. The van der Waals surface area contributed by atoms with E-state index in [2.05, 4.69) is 15.2 Å². The summed E-state index contributed by atoms with van der Waals surface area (Å²) in [5.41, 5.74) is 1.76. The number of furan rings is 1. The van der Waals surface area contributed by atoms with Crippen molar-refractivity contribution in [3.8, 4) is 11.1 Å². The molecular weight excluding hydrogens is 446 g/mol. The van der Waals surface area contributed by atoms with Crippen molar-refractivity contribution in [2.45, 2.75) is 26.4 Å². The first-order valence-electron chi connectivity index (χ1n) is 10.6. The second-order valence-corrected chi connectivity index (χ2v) is 10.4. The summed E-state index contributed by atoms with van der Waals surface area (Å²) < 4.78 is 32.9. The average Bonchev–Trinajstić information content (AvgIpc) is 3.15. The molecular formula is C22H27N5O5S. The van der Waals surface area contributed by atoms with Crippen LogP contribution in [0, 0.1) is 0 Å². The largest absolute Gasteiger partial charge is 0.459 e. The summed E-state index contributed by atoms with van der Waals surface area (Å²) in [7, 11) is -1.54. The molecule has 0 aromatic carbocycles. The van der Waals surface area contributed by atoms with Crippen LogP contribution in [0.15, 0.2) is 39.8 Å². The van der Waals surface area contributed by atoms with E-state index < -0.39 is 10.0 Å². The quantitative estimate of drug-likeness (QED) is 0.598. The van der Waals surface area contributed by atoms with Gasteiger partial charge in [-0.25, -0.2) is 13.4 Å². The molecule has 1 aliphatic heterocycles. The van der Waals surface area contributed by atoms with Gasteiger partial charge in [-0.15, -0.1) is 0 Å². The van der Waals surface area contributed by atoms with Gasteiger partial charge in [-0.05, 0) is 30.7 Å². The normalized spacial score (nSPS) is 18.0. The third-order valence-corrected chi connectivity index (χ3v) is 7.10. The highest BCUT2D eigenvalue weighted by Crippen LogP contribution is 2.31. The highest BCUT2D eigenvalue weighted by atomic mass is 32.2. The Hall–Kier alpha value is -3.02. The average molecular weight is 474 g/mol. The lowest BCUT2D eigenvalue weighted by Crippen LogP contribution is -2.52. The van der Waals surface area contributed by atoms with Crippen LogP contribution in [0.2, 0.25) is 0 Å². The van der Waals surface area contributed by atoms with Gasteiger partial charge in [-0.2, -0.15) is 4.31 Å². The van der Waals surface area contributed by atoms with E-state index in [-0.39, 0.29) is 17.5 Å². The molecule has 1 fully saturated rings. The summed E-state index contributed by atoms with van der Waals surface area (Å²) in [5.74, 6) is 0.812. The molecule has 1 unspecified atom stereocenters. The second-order valence-electron chi connectivity index (χ2n) is 8.47. The number of nitrogens with zero attached hydrogens (tertiary/aromatic N) is 4. The number of anilines is 1. The monoisotopic (exact) mass is 473 g/mol. The van der Waals surface area contributed by atoms with Crippen molar-refractivity contribution in [1.29, 1.82) is 0 Å². The van der Waals surface area contributed by atoms with E-state index in [0.717, 1.165) is 5.56 Å². The van der Waals surface area contributed by atoms with Crippen LogP contribution < -0.4 is 10.9 Å². The van der Waals surface area contributed by atoms with Crippen molar-refractivity contribution in [3.05, 3.63) is 46.7 Å². The summed E-state index contributed by atoms with van der Waals surface area (Å²) >= 11 is 0. The van der Waals surface area contributed by atoms with Crippen molar-refractivity contribution in [2.24, 2.45) is 7.05 Å². The Kier molecular flexibility index (Phi) is 6.12. The van der Waals surface area contributed by atoms with Gasteiger partial charge < -0.3 is 14.3 Å². The van der Waals surface area contributed by atoms with Gasteiger partial charge in [-0.3, -0.25) is 14.5 Å². The minimum absolute atomic E-state index is 0.00408. The SMILES string of the molecule is CC(=O)Nc1cc(-c2cn(C)c(=O)c3cc(CN4CCN(S(C)(=O)=O)CC4C)oc23)ccn1. The Bertz CT molecular complexity index is 1380. The van der Waals surface area contributed by atoms with Gasteiger partial charge in [0.1, 0.15) is 17.2 Å². The van der Waals surface area contributed by atoms with Gasteiger partial charge in [-0.1, -0.05) is 0 Å². The van der Waals surface area contributed by atoms with Crippen LogP contribution in [0.4, 0.5) is 5.82 Å². The molecule has 1 N–H and O–H groups in total. The van der Waals surface area contributed by atoms with E-state index in [9.17, 15) is 18.0 Å².